The van der Waals surface area contributed by atoms with Gasteiger partial charge < -0.3 is 33.9 Å². The number of ether oxygens (including phenoxy) is 5. The van der Waals surface area contributed by atoms with Gasteiger partial charge in [0.1, 0.15) is 18.6 Å². The zero-order chi connectivity index (χ0) is 33.1. The molecular formula is C36H38N2O9. The summed E-state index contributed by atoms with van der Waals surface area (Å²) < 4.78 is 29.3. The van der Waals surface area contributed by atoms with Crippen LogP contribution >= 0.6 is 0 Å². The predicted octanol–water partition coefficient (Wildman–Crippen LogP) is 4.13. The lowest BCUT2D eigenvalue weighted by atomic mass is 9.73. The largest absolute Gasteiger partial charge is 0.504 e. The Labute approximate surface area is 272 Å². The van der Waals surface area contributed by atoms with Crippen molar-refractivity contribution in [3.05, 3.63) is 81.4 Å². The average Bonchev–Trinajstić information content (AvgIpc) is 3.54. The van der Waals surface area contributed by atoms with Crippen LogP contribution in [0.15, 0.2) is 42.5 Å². The number of hydrogen-bond acceptors (Lipinski definition) is 11. The molecule has 7 rings (SSSR count). The Bertz CT molecular complexity index is 1790. The Morgan fingerprint density at radius 3 is 2.51 bits per heavy atom. The van der Waals surface area contributed by atoms with Crippen molar-refractivity contribution in [3.8, 4) is 28.7 Å². The first kappa shape index (κ1) is 31.0. The van der Waals surface area contributed by atoms with Gasteiger partial charge in [-0.25, -0.2) is 4.79 Å². The topological polar surface area (TPSA) is 127 Å². The minimum atomic E-state index is -0.980. The van der Waals surface area contributed by atoms with Crippen LogP contribution in [0, 0.1) is 13.8 Å². The Morgan fingerprint density at radius 2 is 1.79 bits per heavy atom. The smallest absolute Gasteiger partial charge is 0.330 e. The van der Waals surface area contributed by atoms with E-state index >= 15 is 0 Å². The second-order valence-electron chi connectivity index (χ2n) is 12.6. The van der Waals surface area contributed by atoms with E-state index in [9.17, 15) is 19.8 Å². The number of fused-ring (bicyclic) bond motifs is 9. The number of methoxy groups -OCH3 is 1. The molecule has 0 radical (unpaired) electrons. The molecule has 11 nitrogen and oxygen atoms in total. The predicted molar refractivity (Wildman–Crippen MR) is 171 cm³/mol. The van der Waals surface area contributed by atoms with Crippen LogP contribution in [0.4, 0.5) is 0 Å². The van der Waals surface area contributed by atoms with Crippen molar-refractivity contribution in [2.24, 2.45) is 0 Å². The highest BCUT2D eigenvalue weighted by Gasteiger charge is 2.56. The van der Waals surface area contributed by atoms with Crippen molar-refractivity contribution in [1.82, 2.24) is 9.80 Å². The molecule has 0 aliphatic carbocycles. The molecule has 1 saturated heterocycles. The summed E-state index contributed by atoms with van der Waals surface area (Å²) in [5.74, 6) is 0.710. The maximum Gasteiger partial charge on any atom is 0.330 e. The van der Waals surface area contributed by atoms with Crippen LogP contribution in [-0.2, 0) is 27.2 Å². The lowest BCUT2D eigenvalue weighted by molar-refractivity contribution is -0.182. The molecule has 0 amide bonds. The van der Waals surface area contributed by atoms with Gasteiger partial charge in [0.2, 0.25) is 6.79 Å². The number of aliphatic hydroxyl groups is 1. The Kier molecular flexibility index (Phi) is 7.86. The minimum absolute atomic E-state index is 0.0289. The number of carbonyl (C=O) groups excluding carboxylic acids is 2. The molecular weight excluding hydrogens is 604 g/mol. The number of phenolic OH excluding ortho intramolecular Hbond substituents is 1. The number of aliphatic hydroxyl groups excluding tert-OH is 1. The lowest BCUT2D eigenvalue weighted by Gasteiger charge is -2.60. The quantitative estimate of drug-likeness (QED) is 0.229. The molecule has 246 valence electrons. The third kappa shape index (κ3) is 5.00. The zero-order valence-electron chi connectivity index (χ0n) is 27.0. The van der Waals surface area contributed by atoms with Gasteiger partial charge in [-0.3, -0.25) is 14.6 Å². The summed E-state index contributed by atoms with van der Waals surface area (Å²) in [6, 6.07) is 9.59. The van der Waals surface area contributed by atoms with Gasteiger partial charge in [-0.1, -0.05) is 36.4 Å². The molecule has 4 aliphatic heterocycles. The fourth-order valence-electron chi connectivity index (χ4n) is 8.02. The summed E-state index contributed by atoms with van der Waals surface area (Å²) in [7, 11) is 3.48. The number of piperazine rings is 1. The van der Waals surface area contributed by atoms with Crippen molar-refractivity contribution in [2.45, 2.75) is 64.0 Å². The molecule has 11 heteroatoms. The molecule has 2 N–H and O–H groups in total. The molecule has 1 fully saturated rings. The van der Waals surface area contributed by atoms with Crippen LogP contribution in [0.2, 0.25) is 0 Å². The molecule has 3 aromatic carbocycles. The molecule has 5 atom stereocenters. The molecule has 0 saturated carbocycles. The number of likely N-dealkylation sites (N-methyl/N-ethyl adjacent to an activating group) is 1. The average molecular weight is 643 g/mol. The summed E-state index contributed by atoms with van der Waals surface area (Å²) in [4.78, 5) is 29.6. The van der Waals surface area contributed by atoms with Gasteiger partial charge >= 0.3 is 11.9 Å². The highest BCUT2D eigenvalue weighted by Crippen LogP contribution is 2.58. The van der Waals surface area contributed by atoms with Gasteiger partial charge in [0.05, 0.1) is 25.2 Å². The lowest BCUT2D eigenvalue weighted by Crippen LogP contribution is -2.68. The number of nitrogens with zero attached hydrogens (tertiary/aromatic N) is 2. The highest BCUT2D eigenvalue weighted by molar-refractivity contribution is 5.87. The van der Waals surface area contributed by atoms with Gasteiger partial charge in [-0.05, 0) is 56.5 Å². The van der Waals surface area contributed by atoms with E-state index in [-0.39, 0.29) is 31.2 Å². The summed E-state index contributed by atoms with van der Waals surface area (Å²) >= 11 is 0. The Balaban J connectivity index is 1.37. The van der Waals surface area contributed by atoms with Crippen LogP contribution in [0.1, 0.15) is 58.0 Å². The SMILES string of the molecule is COc1c(C)cc2c(c1O)[C@@H]1C3Cc4c(OC(C)=O)c(C)c5c(c4[C@H](COC(=O)C=Cc4ccccc4)N3[C@@H](O)[C@H](C2)N1C)OCO5. The number of hydrogen-bond donors (Lipinski definition) is 2. The molecule has 4 heterocycles. The number of rotatable bonds is 6. The van der Waals surface area contributed by atoms with Crippen molar-refractivity contribution in [1.29, 1.82) is 0 Å². The maximum atomic E-state index is 13.1. The highest BCUT2D eigenvalue weighted by atomic mass is 16.7. The first-order chi connectivity index (χ1) is 22.6. The fourth-order valence-corrected chi connectivity index (χ4v) is 8.02. The normalized spacial score (nSPS) is 24.3. The van der Waals surface area contributed by atoms with E-state index in [1.165, 1.54) is 20.1 Å². The van der Waals surface area contributed by atoms with E-state index in [1.54, 1.807) is 6.08 Å². The summed E-state index contributed by atoms with van der Waals surface area (Å²) in [6.07, 6.45) is 2.89. The maximum absolute atomic E-state index is 13.1. The first-order valence-electron chi connectivity index (χ1n) is 15.7. The Morgan fingerprint density at radius 1 is 1.04 bits per heavy atom. The van der Waals surface area contributed by atoms with Gasteiger partial charge in [-0.2, -0.15) is 0 Å². The molecule has 47 heavy (non-hydrogen) atoms. The number of esters is 2. The van der Waals surface area contributed by atoms with E-state index < -0.39 is 30.3 Å². The van der Waals surface area contributed by atoms with Gasteiger partial charge in [0.25, 0.3) is 0 Å². The second-order valence-corrected chi connectivity index (χ2v) is 12.6. The molecule has 4 aliphatic rings. The molecule has 2 bridgehead atoms. The minimum Gasteiger partial charge on any atom is -0.504 e. The van der Waals surface area contributed by atoms with Gasteiger partial charge in [0.15, 0.2) is 23.0 Å². The third-order valence-corrected chi connectivity index (χ3v) is 9.94. The van der Waals surface area contributed by atoms with Crippen LogP contribution in [0.5, 0.6) is 28.7 Å². The Hall–Kier alpha value is -4.58. The van der Waals surface area contributed by atoms with Crippen LogP contribution < -0.4 is 18.9 Å². The van der Waals surface area contributed by atoms with E-state index in [1.807, 2.05) is 62.2 Å². The number of phenols is 1. The number of aryl methyl sites for hydroxylation is 1. The van der Waals surface area contributed by atoms with E-state index in [4.69, 9.17) is 23.7 Å². The number of carbonyl (C=O) groups is 2. The second kappa shape index (κ2) is 11.9. The summed E-state index contributed by atoms with van der Waals surface area (Å²) in [5.41, 5.74) is 5.29. The standard InChI is InChI=1S/C36H38N2O9/c1-18-13-22-14-25-36(42)38-24(30(37(25)4)28(22)31(41)32(18)43-5)15-23-29(35-34(45-17-46-35)19(2)33(23)47-20(3)39)26(38)16-44-27(40)12-11-21-9-7-6-8-10-21/h6-13,24-26,30,36,41-42H,14-17H2,1-5H3/t24?,25-,26-,30-,36-/m0/s1. The van der Waals surface area contributed by atoms with E-state index in [2.05, 4.69) is 4.90 Å². The third-order valence-electron chi connectivity index (χ3n) is 9.94. The van der Waals surface area contributed by atoms with E-state index in [0.29, 0.717) is 52.5 Å². The van der Waals surface area contributed by atoms with Crippen molar-refractivity contribution < 1.29 is 43.5 Å². The fraction of sp³-hybridized carbons (Fsp3) is 0.389. The summed E-state index contributed by atoms with van der Waals surface area (Å²) in [5, 5.41) is 23.8. The van der Waals surface area contributed by atoms with Crippen LogP contribution in [0.25, 0.3) is 6.08 Å². The van der Waals surface area contributed by atoms with Crippen LogP contribution in [-0.4, -0.2) is 77.8 Å². The van der Waals surface area contributed by atoms with Gasteiger partial charge in [0, 0.05) is 41.3 Å². The summed E-state index contributed by atoms with van der Waals surface area (Å²) in [6.45, 7) is 4.89. The van der Waals surface area contributed by atoms with E-state index in [0.717, 1.165) is 22.3 Å². The molecule has 1 unspecified atom stereocenters. The van der Waals surface area contributed by atoms with Gasteiger partial charge in [-0.15, -0.1) is 0 Å². The monoisotopic (exact) mass is 642 g/mol. The molecule has 0 aromatic heterocycles. The van der Waals surface area contributed by atoms with Crippen molar-refractivity contribution >= 4 is 18.0 Å². The first-order valence-corrected chi connectivity index (χ1v) is 15.7. The zero-order valence-corrected chi connectivity index (χ0v) is 27.0. The number of benzene rings is 3. The molecule has 0 spiro atoms. The van der Waals surface area contributed by atoms with Crippen molar-refractivity contribution in [3.63, 3.8) is 0 Å². The van der Waals surface area contributed by atoms with Crippen LogP contribution in [0.3, 0.4) is 0 Å². The number of aromatic hydroxyl groups is 1. The van der Waals surface area contributed by atoms with Crippen molar-refractivity contribution in [2.75, 3.05) is 27.6 Å². The molecule has 3 aromatic rings.